The standard InChI is InChI=1S/C18H25NO5/c1-11(2)10-13(20)15-16(14-7-6-12(3)24-14)19(8-5-9-23-4)18(22)17(15)21/h6-7,11,16,21H,5,8-10H2,1-4H3. The lowest BCUT2D eigenvalue weighted by Gasteiger charge is -2.25. The molecule has 1 aliphatic heterocycles. The largest absolute Gasteiger partial charge is 0.503 e. The van der Waals surface area contributed by atoms with Crippen molar-refractivity contribution in [2.75, 3.05) is 20.3 Å². The number of hydrogen-bond donors (Lipinski definition) is 1. The summed E-state index contributed by atoms with van der Waals surface area (Å²) in [6.07, 6.45) is 0.881. The van der Waals surface area contributed by atoms with E-state index in [1.54, 1.807) is 26.2 Å². The summed E-state index contributed by atoms with van der Waals surface area (Å²) in [7, 11) is 1.59. The minimum atomic E-state index is -0.672. The lowest BCUT2D eigenvalue weighted by molar-refractivity contribution is -0.129. The van der Waals surface area contributed by atoms with Crippen molar-refractivity contribution in [3.8, 4) is 0 Å². The minimum Gasteiger partial charge on any atom is -0.503 e. The highest BCUT2D eigenvalue weighted by molar-refractivity contribution is 6.08. The first kappa shape index (κ1) is 18.3. The number of nitrogens with zero attached hydrogens (tertiary/aromatic N) is 1. The first-order valence-electron chi connectivity index (χ1n) is 8.19. The van der Waals surface area contributed by atoms with Gasteiger partial charge < -0.3 is 19.2 Å². The summed E-state index contributed by atoms with van der Waals surface area (Å²) < 4.78 is 10.7. The molecule has 1 atom stereocenters. The van der Waals surface area contributed by atoms with Crippen LogP contribution in [0.5, 0.6) is 0 Å². The molecule has 0 radical (unpaired) electrons. The Morgan fingerprint density at radius 1 is 1.42 bits per heavy atom. The third kappa shape index (κ3) is 3.70. The summed E-state index contributed by atoms with van der Waals surface area (Å²) in [5.74, 6) is 0.110. The van der Waals surface area contributed by atoms with Gasteiger partial charge in [-0.25, -0.2) is 0 Å². The lowest BCUT2D eigenvalue weighted by Crippen LogP contribution is -2.32. The number of hydrogen-bond acceptors (Lipinski definition) is 5. The van der Waals surface area contributed by atoms with E-state index in [4.69, 9.17) is 9.15 Å². The molecule has 6 heteroatoms. The molecule has 1 N–H and O–H groups in total. The van der Waals surface area contributed by atoms with Crippen molar-refractivity contribution in [1.82, 2.24) is 4.90 Å². The molecular formula is C18H25NO5. The van der Waals surface area contributed by atoms with E-state index in [1.807, 2.05) is 13.8 Å². The van der Waals surface area contributed by atoms with Crippen LogP contribution in [0.15, 0.2) is 27.9 Å². The molecule has 2 rings (SSSR count). The Kier molecular flexibility index (Phi) is 5.83. The number of Topliss-reactive ketones (excluding diaryl/α,β-unsaturated/α-hetero) is 1. The van der Waals surface area contributed by atoms with Crippen LogP contribution in [-0.4, -0.2) is 42.0 Å². The fourth-order valence-electron chi connectivity index (χ4n) is 2.93. The van der Waals surface area contributed by atoms with Crippen molar-refractivity contribution in [2.45, 2.75) is 39.7 Å². The van der Waals surface area contributed by atoms with Crippen LogP contribution < -0.4 is 0 Å². The number of methoxy groups -OCH3 is 1. The summed E-state index contributed by atoms with van der Waals surface area (Å²) in [6.45, 7) is 6.52. The van der Waals surface area contributed by atoms with Gasteiger partial charge in [0.15, 0.2) is 11.5 Å². The van der Waals surface area contributed by atoms with E-state index in [2.05, 4.69) is 0 Å². The van der Waals surface area contributed by atoms with Crippen molar-refractivity contribution in [1.29, 1.82) is 0 Å². The monoisotopic (exact) mass is 335 g/mol. The molecule has 1 aliphatic rings. The fourth-order valence-corrected chi connectivity index (χ4v) is 2.93. The first-order chi connectivity index (χ1) is 11.4. The number of rotatable bonds is 8. The van der Waals surface area contributed by atoms with Crippen molar-refractivity contribution in [2.24, 2.45) is 5.92 Å². The average molecular weight is 335 g/mol. The Morgan fingerprint density at radius 3 is 2.67 bits per heavy atom. The van der Waals surface area contributed by atoms with E-state index in [1.165, 1.54) is 4.90 Å². The number of carbonyl (C=O) groups is 2. The van der Waals surface area contributed by atoms with Crippen molar-refractivity contribution in [3.05, 3.63) is 35.0 Å². The molecule has 0 bridgehead atoms. The van der Waals surface area contributed by atoms with Gasteiger partial charge in [-0.2, -0.15) is 0 Å². The van der Waals surface area contributed by atoms with Crippen LogP contribution >= 0.6 is 0 Å². The number of aryl methyl sites for hydroxylation is 1. The molecular weight excluding hydrogens is 310 g/mol. The average Bonchev–Trinajstić information content (AvgIpc) is 3.03. The van der Waals surface area contributed by atoms with E-state index < -0.39 is 17.7 Å². The van der Waals surface area contributed by atoms with Crippen LogP contribution in [0.3, 0.4) is 0 Å². The van der Waals surface area contributed by atoms with Gasteiger partial charge in [0.05, 0.1) is 5.57 Å². The fraction of sp³-hybridized carbons (Fsp3) is 0.556. The molecule has 0 aromatic carbocycles. The van der Waals surface area contributed by atoms with E-state index in [0.717, 1.165) is 0 Å². The highest BCUT2D eigenvalue weighted by Gasteiger charge is 2.44. The van der Waals surface area contributed by atoms with Crippen molar-refractivity contribution >= 4 is 11.7 Å². The molecule has 6 nitrogen and oxygen atoms in total. The summed E-state index contributed by atoms with van der Waals surface area (Å²) in [4.78, 5) is 26.6. The van der Waals surface area contributed by atoms with Gasteiger partial charge in [-0.3, -0.25) is 9.59 Å². The molecule has 1 aromatic rings. The van der Waals surface area contributed by atoms with Crippen molar-refractivity contribution < 1.29 is 23.8 Å². The molecule has 0 spiro atoms. The maximum Gasteiger partial charge on any atom is 0.290 e. The van der Waals surface area contributed by atoms with Gasteiger partial charge in [0.25, 0.3) is 5.91 Å². The van der Waals surface area contributed by atoms with Crippen LogP contribution in [0.2, 0.25) is 0 Å². The molecule has 1 amide bonds. The molecule has 0 saturated heterocycles. The van der Waals surface area contributed by atoms with E-state index in [0.29, 0.717) is 31.1 Å². The Labute approximate surface area is 142 Å². The SMILES string of the molecule is COCCCN1C(=O)C(O)=C(C(=O)CC(C)C)C1c1ccc(C)o1. The van der Waals surface area contributed by atoms with E-state index in [-0.39, 0.29) is 23.7 Å². The molecule has 132 valence electrons. The maximum atomic E-state index is 12.6. The lowest BCUT2D eigenvalue weighted by atomic mass is 9.95. The van der Waals surface area contributed by atoms with Crippen LogP contribution in [0.1, 0.15) is 44.3 Å². The summed E-state index contributed by atoms with van der Waals surface area (Å²) in [5, 5.41) is 10.3. The van der Waals surface area contributed by atoms with Gasteiger partial charge in [0.2, 0.25) is 0 Å². The predicted octanol–water partition coefficient (Wildman–Crippen LogP) is 2.94. The van der Waals surface area contributed by atoms with Gasteiger partial charge in [-0.05, 0) is 31.4 Å². The number of aliphatic hydroxyl groups excluding tert-OH is 1. The molecule has 1 unspecified atom stereocenters. The minimum absolute atomic E-state index is 0.134. The summed E-state index contributed by atoms with van der Waals surface area (Å²) in [6, 6.07) is 2.86. The first-order valence-corrected chi connectivity index (χ1v) is 8.19. The number of ketones is 1. The zero-order valence-electron chi connectivity index (χ0n) is 14.7. The van der Waals surface area contributed by atoms with Gasteiger partial charge >= 0.3 is 0 Å². The highest BCUT2D eigenvalue weighted by Crippen LogP contribution is 2.39. The number of ether oxygens (including phenoxy) is 1. The number of furan rings is 1. The quantitative estimate of drug-likeness (QED) is 0.739. The predicted molar refractivity (Wildman–Crippen MR) is 88.5 cm³/mol. The third-order valence-electron chi connectivity index (χ3n) is 3.98. The topological polar surface area (TPSA) is 80.0 Å². The van der Waals surface area contributed by atoms with Crippen molar-refractivity contribution in [3.63, 3.8) is 0 Å². The zero-order chi connectivity index (χ0) is 17.9. The number of carbonyl (C=O) groups excluding carboxylic acids is 2. The van der Waals surface area contributed by atoms with Gasteiger partial charge in [-0.15, -0.1) is 0 Å². The Bertz CT molecular complexity index is 644. The van der Waals surface area contributed by atoms with Crippen LogP contribution in [0.25, 0.3) is 0 Å². The number of aliphatic hydroxyl groups is 1. The normalized spacial score (nSPS) is 18.1. The molecule has 24 heavy (non-hydrogen) atoms. The molecule has 0 aliphatic carbocycles. The summed E-state index contributed by atoms with van der Waals surface area (Å²) >= 11 is 0. The second-order valence-electron chi connectivity index (χ2n) is 6.48. The van der Waals surface area contributed by atoms with Crippen LogP contribution in [-0.2, 0) is 14.3 Å². The molecule has 0 fully saturated rings. The Hall–Kier alpha value is -2.08. The second kappa shape index (κ2) is 7.66. The number of amides is 1. The van der Waals surface area contributed by atoms with Crippen LogP contribution in [0.4, 0.5) is 0 Å². The summed E-state index contributed by atoms with van der Waals surface area (Å²) in [5.41, 5.74) is 0.139. The Balaban J connectivity index is 2.37. The second-order valence-corrected chi connectivity index (χ2v) is 6.48. The van der Waals surface area contributed by atoms with Gasteiger partial charge in [-0.1, -0.05) is 13.8 Å². The van der Waals surface area contributed by atoms with E-state index >= 15 is 0 Å². The Morgan fingerprint density at radius 2 is 2.12 bits per heavy atom. The van der Waals surface area contributed by atoms with E-state index in [9.17, 15) is 14.7 Å². The van der Waals surface area contributed by atoms with Crippen LogP contribution in [0, 0.1) is 12.8 Å². The van der Waals surface area contributed by atoms with Gasteiger partial charge in [0.1, 0.15) is 17.6 Å². The zero-order valence-corrected chi connectivity index (χ0v) is 14.7. The molecule has 2 heterocycles. The smallest absolute Gasteiger partial charge is 0.290 e. The van der Waals surface area contributed by atoms with Gasteiger partial charge in [0, 0.05) is 26.7 Å². The molecule has 1 aromatic heterocycles. The molecule has 0 saturated carbocycles. The maximum absolute atomic E-state index is 12.6. The third-order valence-corrected chi connectivity index (χ3v) is 3.98. The highest BCUT2D eigenvalue weighted by atomic mass is 16.5.